The van der Waals surface area contributed by atoms with Gasteiger partial charge >= 0.3 is 0 Å². The van der Waals surface area contributed by atoms with Crippen LogP contribution < -0.4 is 0 Å². The molecule has 1 heterocycles. The zero-order valence-electron chi connectivity index (χ0n) is 22.9. The molecule has 240 valence electrons. The number of hydrogen-bond donors (Lipinski definition) is 14. The molecule has 1 aliphatic heterocycles. The third-order valence-corrected chi connectivity index (χ3v) is 6.82. The molecule has 15 nitrogen and oxygen atoms in total. The van der Waals surface area contributed by atoms with Crippen LogP contribution in [0.25, 0.3) is 0 Å². The van der Waals surface area contributed by atoms with Crippen LogP contribution in [0.2, 0.25) is 0 Å². The van der Waals surface area contributed by atoms with Gasteiger partial charge in [0.2, 0.25) is 0 Å². The number of rotatable bonds is 9. The Kier molecular flexibility index (Phi) is 19.5. The molecule has 0 radical (unpaired) electrons. The molecular weight excluding hydrogens is 540 g/mol. The summed E-state index contributed by atoms with van der Waals surface area (Å²) in [5.74, 6) is -0.872. The molecule has 0 aromatic heterocycles. The summed E-state index contributed by atoms with van der Waals surface area (Å²) < 4.78 is 5.24. The van der Waals surface area contributed by atoms with E-state index in [1.165, 1.54) is 6.92 Å². The molecule has 1 aliphatic carbocycles. The molecule has 0 spiro atoms. The minimum atomic E-state index is -1.69. The summed E-state index contributed by atoms with van der Waals surface area (Å²) in [5.41, 5.74) is 0. The minimum absolute atomic E-state index is 0.0139. The molecule has 0 amide bonds. The first-order chi connectivity index (χ1) is 18.6. The van der Waals surface area contributed by atoms with Crippen molar-refractivity contribution in [1.82, 2.24) is 0 Å². The van der Waals surface area contributed by atoms with Gasteiger partial charge in [-0.3, -0.25) is 0 Å². The zero-order valence-corrected chi connectivity index (χ0v) is 22.9. The summed E-state index contributed by atoms with van der Waals surface area (Å²) in [6.07, 6.45) is -9.63. The van der Waals surface area contributed by atoms with Crippen LogP contribution >= 0.6 is 0 Å². The van der Waals surface area contributed by atoms with Crippen molar-refractivity contribution in [2.24, 2.45) is 17.8 Å². The Morgan fingerprint density at radius 2 is 1.38 bits per heavy atom. The highest BCUT2D eigenvalue weighted by Crippen LogP contribution is 2.24. The highest BCUT2D eigenvalue weighted by molar-refractivity contribution is 5.04. The Hall–Kier alpha value is -1.02. The van der Waals surface area contributed by atoms with E-state index >= 15 is 0 Å². The van der Waals surface area contributed by atoms with Gasteiger partial charge in [-0.15, -0.1) is 0 Å². The Morgan fingerprint density at radius 3 is 1.88 bits per heavy atom. The predicted octanol–water partition coefficient (Wildman–Crippen LogP) is -4.91. The monoisotopic (exact) mass is 590 g/mol. The summed E-state index contributed by atoms with van der Waals surface area (Å²) >= 11 is 0. The summed E-state index contributed by atoms with van der Waals surface area (Å²) in [6, 6.07) is 0. The summed E-state index contributed by atoms with van der Waals surface area (Å²) in [6.45, 7) is 2.32. The lowest BCUT2D eigenvalue weighted by Gasteiger charge is -2.26. The predicted molar refractivity (Wildman–Crippen MR) is 139 cm³/mol. The number of hydrogen-bond acceptors (Lipinski definition) is 15. The summed E-state index contributed by atoms with van der Waals surface area (Å²) in [4.78, 5) is 0. The fourth-order valence-corrected chi connectivity index (χ4v) is 4.04. The van der Waals surface area contributed by atoms with E-state index < -0.39 is 80.2 Å². The van der Waals surface area contributed by atoms with E-state index in [1.807, 2.05) is 6.92 Å². The van der Waals surface area contributed by atoms with Crippen LogP contribution in [-0.2, 0) is 4.74 Å². The highest BCUT2D eigenvalue weighted by atomic mass is 16.5. The molecule has 0 bridgehead atoms. The van der Waals surface area contributed by atoms with E-state index in [0.29, 0.717) is 19.4 Å². The molecule has 2 aliphatic rings. The number of aliphatic hydroxyl groups excluding tert-OH is 14. The molecule has 0 saturated heterocycles. The second-order valence-corrected chi connectivity index (χ2v) is 10.3. The van der Waals surface area contributed by atoms with Crippen LogP contribution in [0.15, 0.2) is 11.8 Å². The molecule has 1 saturated carbocycles. The average Bonchev–Trinajstić information content (AvgIpc) is 3.18. The van der Waals surface area contributed by atoms with Crippen LogP contribution in [0.4, 0.5) is 0 Å². The second kappa shape index (κ2) is 20.0. The van der Waals surface area contributed by atoms with Gasteiger partial charge in [0.25, 0.3) is 0 Å². The van der Waals surface area contributed by atoms with Gasteiger partial charge in [0.05, 0.1) is 62.5 Å². The first kappa shape index (κ1) is 39.0. The number of ether oxygens (including phenoxy) is 1. The largest absolute Gasteiger partial charge is 0.512 e. The quantitative estimate of drug-likeness (QED) is 0.112. The molecule has 13 unspecified atom stereocenters. The average molecular weight is 591 g/mol. The maximum atomic E-state index is 9.66. The summed E-state index contributed by atoms with van der Waals surface area (Å²) in [7, 11) is 0. The smallest absolute Gasteiger partial charge is 0.111 e. The molecule has 0 aromatic carbocycles. The lowest BCUT2D eigenvalue weighted by atomic mass is 9.95. The molecule has 1 fully saturated rings. The van der Waals surface area contributed by atoms with Crippen molar-refractivity contribution in [3.05, 3.63) is 11.8 Å². The Bertz CT molecular complexity index is 679. The van der Waals surface area contributed by atoms with Crippen LogP contribution in [-0.4, -0.2) is 166 Å². The van der Waals surface area contributed by atoms with Gasteiger partial charge in [-0.05, 0) is 25.8 Å². The molecular formula is C25H50O15. The first-order valence-electron chi connectivity index (χ1n) is 13.3. The van der Waals surface area contributed by atoms with Crippen LogP contribution in [0.5, 0.6) is 0 Å². The molecule has 13 atom stereocenters. The van der Waals surface area contributed by atoms with Crippen LogP contribution in [0.1, 0.15) is 33.1 Å². The minimum Gasteiger partial charge on any atom is -0.512 e. The van der Waals surface area contributed by atoms with Gasteiger partial charge in [-0.2, -0.15) is 0 Å². The fourth-order valence-electron chi connectivity index (χ4n) is 4.04. The molecule has 40 heavy (non-hydrogen) atoms. The Labute approximate surface area is 233 Å². The van der Waals surface area contributed by atoms with Gasteiger partial charge in [0.1, 0.15) is 36.6 Å². The Morgan fingerprint density at radius 1 is 0.800 bits per heavy atom. The van der Waals surface area contributed by atoms with E-state index in [1.54, 1.807) is 6.08 Å². The lowest BCUT2D eigenvalue weighted by Crippen LogP contribution is -2.49. The van der Waals surface area contributed by atoms with Crippen molar-refractivity contribution >= 4 is 0 Å². The highest BCUT2D eigenvalue weighted by Gasteiger charge is 2.34. The molecule has 15 heteroatoms. The van der Waals surface area contributed by atoms with Gasteiger partial charge in [0, 0.05) is 18.4 Å². The van der Waals surface area contributed by atoms with E-state index in [9.17, 15) is 30.6 Å². The van der Waals surface area contributed by atoms with Crippen LogP contribution in [0.3, 0.4) is 0 Å². The van der Waals surface area contributed by atoms with E-state index in [2.05, 4.69) is 0 Å². The van der Waals surface area contributed by atoms with Gasteiger partial charge in [-0.25, -0.2) is 0 Å². The van der Waals surface area contributed by atoms with Crippen molar-refractivity contribution in [2.75, 3.05) is 33.0 Å². The van der Waals surface area contributed by atoms with E-state index in [0.717, 1.165) is 6.42 Å². The molecule has 14 N–H and O–H groups in total. The van der Waals surface area contributed by atoms with Crippen molar-refractivity contribution in [2.45, 2.75) is 94.1 Å². The first-order valence-corrected chi connectivity index (χ1v) is 13.3. The van der Waals surface area contributed by atoms with Crippen molar-refractivity contribution < 1.29 is 76.2 Å². The van der Waals surface area contributed by atoms with Gasteiger partial charge in [-0.1, -0.05) is 13.3 Å². The maximum Gasteiger partial charge on any atom is 0.111 e. The van der Waals surface area contributed by atoms with E-state index in [-0.39, 0.29) is 30.8 Å². The maximum absolute atomic E-state index is 9.66. The number of aliphatic hydroxyl groups is 14. The zero-order chi connectivity index (χ0) is 31.2. The SMILES string of the molecule is CC(O)C(O)C(O)C(O)C(O)CO.CC1C=C(O)C(C(O)C(O)CO)COC1.OCC1CCCC(O)C(O)C1O. The van der Waals surface area contributed by atoms with Crippen molar-refractivity contribution in [3.8, 4) is 0 Å². The summed E-state index contributed by atoms with van der Waals surface area (Å²) in [5, 5.41) is 127. The van der Waals surface area contributed by atoms with E-state index in [4.69, 9.17) is 45.6 Å². The van der Waals surface area contributed by atoms with Crippen molar-refractivity contribution in [1.29, 1.82) is 0 Å². The molecule has 0 aromatic rings. The third kappa shape index (κ3) is 12.9. The van der Waals surface area contributed by atoms with Crippen molar-refractivity contribution in [3.63, 3.8) is 0 Å². The second-order valence-electron chi connectivity index (χ2n) is 10.3. The third-order valence-electron chi connectivity index (χ3n) is 6.82. The molecule has 2 rings (SSSR count). The van der Waals surface area contributed by atoms with Gasteiger partial charge in [0.15, 0.2) is 0 Å². The Balaban J connectivity index is 0.000000574. The van der Waals surface area contributed by atoms with Crippen LogP contribution in [0, 0.1) is 17.8 Å². The fraction of sp³-hybridized carbons (Fsp3) is 0.920. The topological polar surface area (TPSA) is 292 Å². The standard InChI is InChI=1S/C10H18O5.C8H16O4.C7H16O6/c1-6-2-8(12)7(5-15-4-6)10(14)9(13)3-11;9-4-5-2-1-3-6(10)8(12)7(5)11;1-3(9)5(11)7(13)6(12)4(10)2-8/h2,6-7,9-14H,3-5H2,1H3;5-12H,1-4H2;3-13H,2H2,1H3. The van der Waals surface area contributed by atoms with Gasteiger partial charge < -0.3 is 76.2 Å². The normalized spacial score (nSPS) is 32.6. The lowest BCUT2D eigenvalue weighted by molar-refractivity contribution is -0.137.